The third-order valence-corrected chi connectivity index (χ3v) is 5.27. The van der Waals surface area contributed by atoms with E-state index in [2.05, 4.69) is 49.5 Å². The van der Waals surface area contributed by atoms with Crippen LogP contribution < -0.4 is 5.32 Å². The van der Waals surface area contributed by atoms with Crippen molar-refractivity contribution in [3.05, 3.63) is 72.4 Å². The number of benzene rings is 2. The average molecular weight is 322 g/mol. The molecular weight excluding hydrogens is 300 g/mol. The Morgan fingerprint density at radius 1 is 1.00 bits per heavy atom. The molecule has 1 N–H and O–H groups in total. The second kappa shape index (κ2) is 7.51. The van der Waals surface area contributed by atoms with E-state index in [1.54, 1.807) is 0 Å². The van der Waals surface area contributed by atoms with Gasteiger partial charge in [0.1, 0.15) is 0 Å². The zero-order chi connectivity index (χ0) is 16.1. The minimum absolute atomic E-state index is 0.550. The number of nitrogens with one attached hydrogen (secondary N) is 1. The highest BCUT2D eigenvalue weighted by Crippen LogP contribution is 2.34. The highest BCUT2D eigenvalue weighted by Gasteiger charge is 2.23. The molecule has 0 radical (unpaired) electrons. The quantitative estimate of drug-likeness (QED) is 0.760. The minimum Gasteiger partial charge on any atom is -0.359 e. The van der Waals surface area contributed by atoms with Crippen molar-refractivity contribution in [2.45, 2.75) is 25.5 Å². The second-order valence-electron chi connectivity index (χ2n) is 6.05. The third-order valence-electron chi connectivity index (χ3n) is 3.81. The molecule has 0 saturated carbocycles. The number of hydrogen-bond acceptors (Lipinski definition) is 3. The molecule has 1 aliphatic rings. The molecule has 3 heteroatoms. The fourth-order valence-electron chi connectivity index (χ4n) is 2.51. The number of thioether (sulfide) groups is 1. The molecule has 2 nitrogen and oxygen atoms in total. The summed E-state index contributed by atoms with van der Waals surface area (Å²) in [6, 6.07) is 20.5. The Bertz CT molecular complexity index is 690. The molecule has 0 unspecified atom stereocenters. The molecule has 2 aromatic carbocycles. The highest BCUT2D eigenvalue weighted by molar-refractivity contribution is 8.15. The first kappa shape index (κ1) is 15.9. The average Bonchev–Trinajstić information content (AvgIpc) is 2.56. The Morgan fingerprint density at radius 2 is 1.65 bits per heavy atom. The van der Waals surface area contributed by atoms with Crippen LogP contribution in [0, 0.1) is 5.92 Å². The third kappa shape index (κ3) is 4.49. The lowest BCUT2D eigenvalue weighted by Crippen LogP contribution is -2.21. The lowest BCUT2D eigenvalue weighted by molar-refractivity contribution is 0.604. The monoisotopic (exact) mass is 322 g/mol. The van der Waals surface area contributed by atoms with Crippen LogP contribution in [0.25, 0.3) is 0 Å². The molecule has 0 amide bonds. The molecule has 1 aliphatic heterocycles. The molecule has 1 heterocycles. The molecule has 0 bridgehead atoms. The fraction of sp³-hybridized carbons (Fsp3) is 0.250. The number of nitrogens with zero attached hydrogens (tertiary/aromatic N) is 1. The molecule has 0 aliphatic carbocycles. The van der Waals surface area contributed by atoms with Gasteiger partial charge in [0.2, 0.25) is 0 Å². The Morgan fingerprint density at radius 3 is 2.30 bits per heavy atom. The Hall–Kier alpha value is -2.00. The van der Waals surface area contributed by atoms with Gasteiger partial charge in [-0.3, -0.25) is 0 Å². The summed E-state index contributed by atoms with van der Waals surface area (Å²) in [5, 5.41) is 5.18. The summed E-state index contributed by atoms with van der Waals surface area (Å²) >= 11 is 1.88. The SMILES string of the molecule is CC(C)[C@H]1CC(Nc2ccccc2)=CC(=Nc2ccccc2)S1. The van der Waals surface area contributed by atoms with Gasteiger partial charge in [-0.25, -0.2) is 4.99 Å². The van der Waals surface area contributed by atoms with Gasteiger partial charge in [0, 0.05) is 23.1 Å². The van der Waals surface area contributed by atoms with Crippen LogP contribution in [0.5, 0.6) is 0 Å². The Balaban J connectivity index is 1.86. The number of hydrogen-bond donors (Lipinski definition) is 1. The van der Waals surface area contributed by atoms with Crippen molar-refractivity contribution < 1.29 is 0 Å². The Labute approximate surface area is 142 Å². The predicted molar refractivity (Wildman–Crippen MR) is 103 cm³/mol. The topological polar surface area (TPSA) is 24.4 Å². The molecule has 2 aromatic rings. The van der Waals surface area contributed by atoms with Crippen LogP contribution >= 0.6 is 11.8 Å². The van der Waals surface area contributed by atoms with Crippen molar-refractivity contribution in [2.75, 3.05) is 5.32 Å². The van der Waals surface area contributed by atoms with Crippen LogP contribution in [0.3, 0.4) is 0 Å². The van der Waals surface area contributed by atoms with Crippen LogP contribution in [0.1, 0.15) is 20.3 Å². The highest BCUT2D eigenvalue weighted by atomic mass is 32.2. The van der Waals surface area contributed by atoms with Gasteiger partial charge in [-0.1, -0.05) is 50.2 Å². The normalized spacial score (nSPS) is 19.7. The van der Waals surface area contributed by atoms with E-state index in [9.17, 15) is 0 Å². The fourth-order valence-corrected chi connectivity index (χ4v) is 3.72. The van der Waals surface area contributed by atoms with Crippen LogP contribution in [0.2, 0.25) is 0 Å². The predicted octanol–water partition coefficient (Wildman–Crippen LogP) is 5.87. The molecule has 0 saturated heterocycles. The van der Waals surface area contributed by atoms with Gasteiger partial charge in [0.05, 0.1) is 10.7 Å². The van der Waals surface area contributed by atoms with Crippen molar-refractivity contribution >= 4 is 28.2 Å². The van der Waals surface area contributed by atoms with E-state index in [0.29, 0.717) is 11.2 Å². The summed E-state index contributed by atoms with van der Waals surface area (Å²) in [4.78, 5) is 4.81. The Kier molecular flexibility index (Phi) is 5.19. The molecule has 23 heavy (non-hydrogen) atoms. The summed E-state index contributed by atoms with van der Waals surface area (Å²) in [5.41, 5.74) is 3.38. The molecule has 0 spiro atoms. The van der Waals surface area contributed by atoms with E-state index in [0.717, 1.165) is 22.8 Å². The number of allylic oxidation sites excluding steroid dienone is 1. The van der Waals surface area contributed by atoms with E-state index < -0.39 is 0 Å². The first-order valence-electron chi connectivity index (χ1n) is 8.04. The second-order valence-corrected chi connectivity index (χ2v) is 7.31. The number of aliphatic imine (C=N–C) groups is 1. The van der Waals surface area contributed by atoms with Crippen molar-refractivity contribution in [3.63, 3.8) is 0 Å². The van der Waals surface area contributed by atoms with Crippen molar-refractivity contribution in [3.8, 4) is 0 Å². The van der Waals surface area contributed by atoms with Crippen LogP contribution in [-0.4, -0.2) is 10.3 Å². The molecule has 0 aromatic heterocycles. The van der Waals surface area contributed by atoms with E-state index in [1.807, 2.05) is 48.2 Å². The molecule has 3 rings (SSSR count). The van der Waals surface area contributed by atoms with Crippen LogP contribution in [-0.2, 0) is 0 Å². The van der Waals surface area contributed by atoms with E-state index in [4.69, 9.17) is 4.99 Å². The van der Waals surface area contributed by atoms with Crippen LogP contribution in [0.4, 0.5) is 11.4 Å². The largest absolute Gasteiger partial charge is 0.359 e. The minimum atomic E-state index is 0.550. The molecule has 0 fully saturated rings. The zero-order valence-corrected chi connectivity index (χ0v) is 14.4. The van der Waals surface area contributed by atoms with Gasteiger partial charge in [0.15, 0.2) is 0 Å². The van der Waals surface area contributed by atoms with Gasteiger partial charge in [-0.2, -0.15) is 0 Å². The van der Waals surface area contributed by atoms with Crippen LogP contribution in [0.15, 0.2) is 77.4 Å². The number of anilines is 1. The summed E-state index contributed by atoms with van der Waals surface area (Å²) in [7, 11) is 0. The number of para-hydroxylation sites is 2. The van der Waals surface area contributed by atoms with Crippen molar-refractivity contribution in [2.24, 2.45) is 10.9 Å². The van der Waals surface area contributed by atoms with Gasteiger partial charge < -0.3 is 5.32 Å². The maximum absolute atomic E-state index is 4.81. The lowest BCUT2D eigenvalue weighted by Gasteiger charge is -2.27. The molecule has 118 valence electrons. The summed E-state index contributed by atoms with van der Waals surface area (Å²) in [6.07, 6.45) is 3.23. The standard InChI is InChI=1S/C20H22N2S/c1-15(2)19-13-18(21-16-9-5-3-6-10-16)14-20(23-19)22-17-11-7-4-8-12-17/h3-12,14-15,19,21H,13H2,1-2H3/t19-/m1/s1. The van der Waals surface area contributed by atoms with Crippen molar-refractivity contribution in [1.82, 2.24) is 0 Å². The van der Waals surface area contributed by atoms with E-state index in [-0.39, 0.29) is 0 Å². The van der Waals surface area contributed by atoms with E-state index >= 15 is 0 Å². The summed E-state index contributed by atoms with van der Waals surface area (Å²) in [6.45, 7) is 4.56. The van der Waals surface area contributed by atoms with Gasteiger partial charge in [0.25, 0.3) is 0 Å². The first-order valence-corrected chi connectivity index (χ1v) is 8.92. The smallest absolute Gasteiger partial charge is 0.0987 e. The zero-order valence-electron chi connectivity index (χ0n) is 13.6. The summed E-state index contributed by atoms with van der Waals surface area (Å²) < 4.78 is 0. The first-order chi connectivity index (χ1) is 11.2. The molecular formula is C20H22N2S. The van der Waals surface area contributed by atoms with Gasteiger partial charge in [-0.15, -0.1) is 11.8 Å². The lowest BCUT2D eigenvalue weighted by atomic mass is 10.0. The maximum atomic E-state index is 4.81. The van der Waals surface area contributed by atoms with Gasteiger partial charge in [-0.05, 0) is 36.3 Å². The van der Waals surface area contributed by atoms with Gasteiger partial charge >= 0.3 is 0 Å². The maximum Gasteiger partial charge on any atom is 0.0987 e. The number of rotatable bonds is 4. The summed E-state index contributed by atoms with van der Waals surface area (Å²) in [5.74, 6) is 0.613. The molecule has 1 atom stereocenters. The van der Waals surface area contributed by atoms with Crippen molar-refractivity contribution in [1.29, 1.82) is 0 Å². The van der Waals surface area contributed by atoms with E-state index in [1.165, 1.54) is 5.70 Å².